The van der Waals surface area contributed by atoms with Crippen molar-refractivity contribution in [2.24, 2.45) is 5.92 Å². The first-order valence-corrected chi connectivity index (χ1v) is 12.3. The quantitative estimate of drug-likeness (QED) is 0.527. The first-order chi connectivity index (χ1) is 16.1. The van der Waals surface area contributed by atoms with Crippen LogP contribution in [0.5, 0.6) is 5.75 Å². The van der Waals surface area contributed by atoms with E-state index in [-0.39, 0.29) is 5.91 Å². The lowest BCUT2D eigenvalue weighted by atomic mass is 9.85. The molecule has 7 nitrogen and oxygen atoms in total. The topological polar surface area (TPSA) is 86.2 Å². The minimum atomic E-state index is -0.177. The van der Waals surface area contributed by atoms with Crippen LogP contribution in [0.4, 0.5) is 0 Å². The molecule has 0 unspecified atom stereocenters. The second kappa shape index (κ2) is 9.97. The van der Waals surface area contributed by atoms with Crippen LogP contribution < -0.4 is 10.1 Å². The minimum Gasteiger partial charge on any atom is -0.493 e. The number of aromatic nitrogens is 3. The number of carbonyl (C=O) groups is 1. The van der Waals surface area contributed by atoms with Crippen LogP contribution in [0.3, 0.4) is 0 Å². The van der Waals surface area contributed by atoms with Gasteiger partial charge in [-0.05, 0) is 62.4 Å². The van der Waals surface area contributed by atoms with E-state index in [1.165, 1.54) is 24.1 Å². The second-order valence-corrected chi connectivity index (χ2v) is 9.89. The molecule has 1 saturated heterocycles. The van der Waals surface area contributed by atoms with Gasteiger partial charge >= 0.3 is 0 Å². The van der Waals surface area contributed by atoms with Crippen molar-refractivity contribution in [1.29, 1.82) is 0 Å². The molecule has 172 valence electrons. The van der Waals surface area contributed by atoms with Gasteiger partial charge in [0.05, 0.1) is 31.1 Å². The smallest absolute Gasteiger partial charge is 0.251 e. The zero-order chi connectivity index (χ0) is 22.6. The summed E-state index contributed by atoms with van der Waals surface area (Å²) < 4.78 is 11.6. The van der Waals surface area contributed by atoms with Crippen LogP contribution in [0.25, 0.3) is 10.6 Å². The van der Waals surface area contributed by atoms with Crippen LogP contribution in [0.2, 0.25) is 0 Å². The highest BCUT2D eigenvalue weighted by Crippen LogP contribution is 2.41. The molecule has 2 aliphatic rings. The molecule has 33 heavy (non-hydrogen) atoms. The second-order valence-electron chi connectivity index (χ2n) is 8.83. The van der Waals surface area contributed by atoms with E-state index in [2.05, 4.69) is 20.5 Å². The van der Waals surface area contributed by atoms with E-state index in [9.17, 15) is 4.79 Å². The number of rotatable bonds is 8. The molecule has 1 aliphatic heterocycles. The van der Waals surface area contributed by atoms with E-state index < -0.39 is 0 Å². The average molecular weight is 465 g/mol. The third kappa shape index (κ3) is 5.39. The maximum absolute atomic E-state index is 13.0. The monoisotopic (exact) mass is 464 g/mol. The van der Waals surface area contributed by atoms with Gasteiger partial charge in [-0.1, -0.05) is 6.42 Å². The van der Waals surface area contributed by atoms with Gasteiger partial charge in [-0.2, -0.15) is 10.2 Å². The Balaban J connectivity index is 1.35. The molecule has 1 atom stereocenters. The predicted octanol–water partition coefficient (Wildman–Crippen LogP) is 4.52. The Labute approximate surface area is 197 Å². The van der Waals surface area contributed by atoms with Crippen LogP contribution in [-0.4, -0.2) is 40.9 Å². The highest BCUT2D eigenvalue weighted by Gasteiger charge is 2.23. The molecule has 1 aliphatic carbocycles. The van der Waals surface area contributed by atoms with E-state index in [0.717, 1.165) is 35.9 Å². The Bertz CT molecular complexity index is 1110. The van der Waals surface area contributed by atoms with Gasteiger partial charge < -0.3 is 14.8 Å². The lowest BCUT2D eigenvalue weighted by Gasteiger charge is -2.23. The van der Waals surface area contributed by atoms with Gasteiger partial charge in [0.25, 0.3) is 5.91 Å². The number of aryl methyl sites for hydroxylation is 1. The molecule has 2 aromatic heterocycles. The van der Waals surface area contributed by atoms with Crippen molar-refractivity contribution >= 4 is 17.2 Å². The van der Waals surface area contributed by atoms with Crippen molar-refractivity contribution in [1.82, 2.24) is 20.5 Å². The molecule has 1 N–H and O–H groups in total. The summed E-state index contributed by atoms with van der Waals surface area (Å²) in [5, 5.41) is 12.0. The van der Waals surface area contributed by atoms with E-state index in [4.69, 9.17) is 9.47 Å². The number of hydrogen-bond donors (Lipinski definition) is 1. The summed E-state index contributed by atoms with van der Waals surface area (Å²) in [7, 11) is 0. The summed E-state index contributed by atoms with van der Waals surface area (Å²) in [5.41, 5.74) is 3.02. The third-order valence-electron chi connectivity index (χ3n) is 6.24. The Morgan fingerprint density at radius 1 is 1.21 bits per heavy atom. The molecule has 0 bridgehead atoms. The lowest BCUT2D eigenvalue weighted by molar-refractivity contribution is 0.0949. The molecule has 3 heterocycles. The van der Waals surface area contributed by atoms with Crippen molar-refractivity contribution in [3.63, 3.8) is 0 Å². The fourth-order valence-corrected chi connectivity index (χ4v) is 5.03. The largest absolute Gasteiger partial charge is 0.493 e. The van der Waals surface area contributed by atoms with Gasteiger partial charge in [0.15, 0.2) is 0 Å². The first kappa shape index (κ1) is 22.0. The van der Waals surface area contributed by atoms with Gasteiger partial charge in [0, 0.05) is 34.7 Å². The number of thiazole rings is 1. The zero-order valence-electron chi connectivity index (χ0n) is 18.8. The Morgan fingerprint density at radius 2 is 2.12 bits per heavy atom. The van der Waals surface area contributed by atoms with Crippen LogP contribution in [0.15, 0.2) is 36.5 Å². The highest BCUT2D eigenvalue weighted by atomic mass is 32.1. The number of amides is 1. The zero-order valence-corrected chi connectivity index (χ0v) is 19.6. The van der Waals surface area contributed by atoms with Crippen LogP contribution >= 0.6 is 11.3 Å². The molecular weight excluding hydrogens is 436 g/mol. The summed E-state index contributed by atoms with van der Waals surface area (Å²) in [4.78, 5) is 19.0. The Kier molecular flexibility index (Phi) is 6.64. The van der Waals surface area contributed by atoms with Crippen molar-refractivity contribution in [2.75, 3.05) is 19.8 Å². The standard InChI is InChI=1S/C25H28N4O3S/c1-16-5-6-21(29-28-16)12-26-24(30)19-9-20(25-27-13-23(33-25)18-3-2-4-18)11-22(10-19)32-15-17-7-8-31-14-17/h5-6,9-11,13,17-18H,2-4,7-8,12,14-15H2,1H3,(H,26,30)/t17-/m0/s1. The summed E-state index contributed by atoms with van der Waals surface area (Å²) in [6, 6.07) is 9.44. The fraction of sp³-hybridized carbons (Fsp3) is 0.440. The molecular formula is C25H28N4O3S. The lowest BCUT2D eigenvalue weighted by Crippen LogP contribution is -2.23. The van der Waals surface area contributed by atoms with Crippen LogP contribution in [0.1, 0.15) is 58.2 Å². The van der Waals surface area contributed by atoms with Crippen molar-refractivity contribution in [3.05, 3.63) is 58.4 Å². The van der Waals surface area contributed by atoms with E-state index in [1.54, 1.807) is 17.4 Å². The van der Waals surface area contributed by atoms with Gasteiger partial charge in [-0.3, -0.25) is 4.79 Å². The summed E-state index contributed by atoms with van der Waals surface area (Å²) in [5.74, 6) is 1.52. The van der Waals surface area contributed by atoms with Gasteiger partial charge in [0.2, 0.25) is 0 Å². The summed E-state index contributed by atoms with van der Waals surface area (Å²) >= 11 is 1.72. The molecule has 0 spiro atoms. The number of benzene rings is 1. The van der Waals surface area contributed by atoms with Crippen LogP contribution in [-0.2, 0) is 11.3 Å². The number of carbonyl (C=O) groups excluding carboxylic acids is 1. The SMILES string of the molecule is Cc1ccc(CNC(=O)c2cc(OC[C@H]3CCOC3)cc(-c3ncc(C4CCC4)s3)c2)nn1. The number of ether oxygens (including phenoxy) is 2. The molecule has 3 aromatic rings. The molecule has 0 radical (unpaired) electrons. The van der Waals surface area contributed by atoms with Crippen LogP contribution in [0, 0.1) is 12.8 Å². The normalized spacial score (nSPS) is 18.2. The highest BCUT2D eigenvalue weighted by molar-refractivity contribution is 7.15. The maximum Gasteiger partial charge on any atom is 0.251 e. The summed E-state index contributed by atoms with van der Waals surface area (Å²) in [6.45, 7) is 4.29. The van der Waals surface area contributed by atoms with E-state index in [1.807, 2.05) is 37.4 Å². The summed E-state index contributed by atoms with van der Waals surface area (Å²) in [6.07, 6.45) is 6.76. The number of nitrogens with one attached hydrogen (secondary N) is 1. The average Bonchev–Trinajstić information content (AvgIpc) is 3.48. The number of nitrogens with zero attached hydrogens (tertiary/aromatic N) is 3. The van der Waals surface area contributed by atoms with Crippen molar-refractivity contribution < 1.29 is 14.3 Å². The molecule has 8 heteroatoms. The van der Waals surface area contributed by atoms with Gasteiger partial charge in [0.1, 0.15) is 10.8 Å². The minimum absolute atomic E-state index is 0.177. The Morgan fingerprint density at radius 3 is 2.85 bits per heavy atom. The van der Waals surface area contributed by atoms with Gasteiger partial charge in [-0.15, -0.1) is 11.3 Å². The number of hydrogen-bond acceptors (Lipinski definition) is 7. The molecule has 1 amide bonds. The fourth-order valence-electron chi connectivity index (χ4n) is 3.96. The van der Waals surface area contributed by atoms with Gasteiger partial charge in [-0.25, -0.2) is 4.98 Å². The Hall–Kier alpha value is -2.84. The first-order valence-electron chi connectivity index (χ1n) is 11.5. The third-order valence-corrected chi connectivity index (χ3v) is 7.45. The molecule has 1 saturated carbocycles. The van der Waals surface area contributed by atoms with Crippen molar-refractivity contribution in [2.45, 2.75) is 45.1 Å². The molecule has 5 rings (SSSR count). The van der Waals surface area contributed by atoms with E-state index >= 15 is 0 Å². The molecule has 1 aromatic carbocycles. The van der Waals surface area contributed by atoms with Crippen molar-refractivity contribution in [3.8, 4) is 16.3 Å². The maximum atomic E-state index is 13.0. The molecule has 2 fully saturated rings. The predicted molar refractivity (Wildman–Crippen MR) is 127 cm³/mol. The van der Waals surface area contributed by atoms with E-state index in [0.29, 0.717) is 42.0 Å².